The fraction of sp³-hybridized carbons (Fsp3) is 0.429. The predicted octanol–water partition coefficient (Wildman–Crippen LogP) is 5.27. The van der Waals surface area contributed by atoms with E-state index in [2.05, 4.69) is 10.6 Å². The molecule has 2 aromatic carbocycles. The van der Waals surface area contributed by atoms with Gasteiger partial charge in [-0.15, -0.1) is 0 Å². The molecule has 1 aliphatic heterocycles. The molecule has 0 radical (unpaired) electrons. The Kier molecular flexibility index (Phi) is 12.8. The molecule has 0 aromatic heterocycles. The quantitative estimate of drug-likeness (QED) is 0.278. The van der Waals surface area contributed by atoms with E-state index >= 15 is 0 Å². The van der Waals surface area contributed by atoms with Gasteiger partial charge in [0.05, 0.1) is 16.1 Å². The number of carbonyl (C=O) groups excluding carboxylic acids is 4. The summed E-state index contributed by atoms with van der Waals surface area (Å²) in [7, 11) is 0. The van der Waals surface area contributed by atoms with Crippen molar-refractivity contribution in [3.8, 4) is 0 Å². The molecular weight excluding hydrogens is 594 g/mol. The normalized spacial score (nSPS) is 23.1. The van der Waals surface area contributed by atoms with Crippen LogP contribution in [0.3, 0.4) is 0 Å². The standard InChI is InChI=1S/C35H44ClN3O6/c1-22(2)18-30-33(42)44-29(23(3)14-15-24-10-7-6-8-11-24)12-9-13-31(40)39-28(20-25-16-17-27(37)26(36)19-25)32(41)38-21-35(4,5)34(43)45-30/h6-11,13-17,19,22-23,28-30H,12,18,20-21,37H2,1-5H3,(H,38,41)(H,39,40)/b13-9+,15-14+/t23-,28-,29?,30?/m1/s1. The van der Waals surface area contributed by atoms with Crippen LogP contribution in [-0.4, -0.2) is 48.5 Å². The predicted molar refractivity (Wildman–Crippen MR) is 176 cm³/mol. The summed E-state index contributed by atoms with van der Waals surface area (Å²) in [5.74, 6) is -2.53. The number of ether oxygens (including phenoxy) is 2. The van der Waals surface area contributed by atoms with Gasteiger partial charge in [-0.3, -0.25) is 14.4 Å². The number of hydrogen-bond acceptors (Lipinski definition) is 7. The first-order valence-electron chi connectivity index (χ1n) is 15.2. The zero-order chi connectivity index (χ0) is 33.1. The average Bonchev–Trinajstić information content (AvgIpc) is 2.99. The van der Waals surface area contributed by atoms with E-state index in [1.165, 1.54) is 6.08 Å². The smallest absolute Gasteiger partial charge is 0.347 e. The number of cyclic esters (lactones) is 2. The Morgan fingerprint density at radius 3 is 2.42 bits per heavy atom. The molecule has 4 N–H and O–H groups in total. The van der Waals surface area contributed by atoms with E-state index in [4.69, 9.17) is 26.8 Å². The zero-order valence-electron chi connectivity index (χ0n) is 26.5. The van der Waals surface area contributed by atoms with Crippen LogP contribution in [0.1, 0.15) is 58.6 Å². The van der Waals surface area contributed by atoms with E-state index in [-0.39, 0.29) is 37.6 Å². The number of halogens is 1. The number of anilines is 1. The van der Waals surface area contributed by atoms with Crippen molar-refractivity contribution >= 4 is 47.1 Å². The Morgan fingerprint density at radius 2 is 1.76 bits per heavy atom. The summed E-state index contributed by atoms with van der Waals surface area (Å²) >= 11 is 6.19. The third-order valence-electron chi connectivity index (χ3n) is 7.48. The summed E-state index contributed by atoms with van der Waals surface area (Å²) < 4.78 is 11.7. The molecule has 0 saturated heterocycles. The monoisotopic (exact) mass is 637 g/mol. The lowest BCUT2D eigenvalue weighted by Crippen LogP contribution is -2.51. The third kappa shape index (κ3) is 11.1. The number of benzene rings is 2. The lowest BCUT2D eigenvalue weighted by molar-refractivity contribution is -0.178. The highest BCUT2D eigenvalue weighted by Crippen LogP contribution is 2.24. The fourth-order valence-corrected chi connectivity index (χ4v) is 4.83. The minimum Gasteiger partial charge on any atom is -0.459 e. The molecule has 9 nitrogen and oxygen atoms in total. The lowest BCUT2D eigenvalue weighted by Gasteiger charge is -2.29. The van der Waals surface area contributed by atoms with Crippen molar-refractivity contribution in [1.29, 1.82) is 0 Å². The summed E-state index contributed by atoms with van der Waals surface area (Å²) in [4.78, 5) is 53.2. The van der Waals surface area contributed by atoms with Crippen LogP contribution >= 0.6 is 11.6 Å². The van der Waals surface area contributed by atoms with Crippen molar-refractivity contribution in [3.63, 3.8) is 0 Å². The molecule has 0 fully saturated rings. The minimum atomic E-state index is -1.19. The van der Waals surface area contributed by atoms with Gasteiger partial charge in [0.25, 0.3) is 0 Å². The molecule has 1 heterocycles. The van der Waals surface area contributed by atoms with Crippen LogP contribution < -0.4 is 16.4 Å². The SMILES string of the molecule is CC(C)CC1OC(=O)C(C)(C)CNC(=O)[C@@H](Cc2ccc(N)c(Cl)c2)NC(=O)/C=C/CC([C@H](C)/C=C/c2ccccc2)OC1=O. The molecule has 4 atom stereocenters. The third-order valence-corrected chi connectivity index (χ3v) is 7.80. The van der Waals surface area contributed by atoms with Crippen LogP contribution in [0.5, 0.6) is 0 Å². The van der Waals surface area contributed by atoms with Crippen LogP contribution in [0.2, 0.25) is 5.02 Å². The van der Waals surface area contributed by atoms with Crippen LogP contribution in [0.4, 0.5) is 5.69 Å². The Hall–Kier alpha value is -4.11. The van der Waals surface area contributed by atoms with Crippen molar-refractivity contribution in [1.82, 2.24) is 10.6 Å². The van der Waals surface area contributed by atoms with Gasteiger partial charge < -0.3 is 25.8 Å². The highest BCUT2D eigenvalue weighted by atomic mass is 35.5. The maximum atomic E-state index is 13.5. The Balaban J connectivity index is 1.93. The molecule has 2 amide bonds. The molecule has 242 valence electrons. The topological polar surface area (TPSA) is 137 Å². The molecule has 45 heavy (non-hydrogen) atoms. The van der Waals surface area contributed by atoms with E-state index in [9.17, 15) is 19.2 Å². The molecule has 3 rings (SSSR count). The van der Waals surface area contributed by atoms with Crippen molar-refractivity contribution in [3.05, 3.63) is 82.9 Å². The second kappa shape index (κ2) is 16.3. The molecule has 2 unspecified atom stereocenters. The minimum absolute atomic E-state index is 0.0313. The van der Waals surface area contributed by atoms with Gasteiger partial charge >= 0.3 is 11.9 Å². The number of rotatable bonds is 7. The number of esters is 2. The fourth-order valence-electron chi connectivity index (χ4n) is 4.63. The highest BCUT2D eigenvalue weighted by molar-refractivity contribution is 6.33. The van der Waals surface area contributed by atoms with Crippen LogP contribution in [-0.2, 0) is 35.1 Å². The summed E-state index contributed by atoms with van der Waals surface area (Å²) in [5.41, 5.74) is 6.72. The van der Waals surface area contributed by atoms with Crippen molar-refractivity contribution in [2.45, 2.75) is 72.1 Å². The van der Waals surface area contributed by atoms with Gasteiger partial charge in [-0.25, -0.2) is 4.79 Å². The molecule has 0 saturated carbocycles. The molecule has 10 heteroatoms. The number of nitrogens with one attached hydrogen (secondary N) is 2. The summed E-state index contributed by atoms with van der Waals surface area (Å²) in [5, 5.41) is 5.84. The molecule has 0 bridgehead atoms. The van der Waals surface area contributed by atoms with E-state index in [0.717, 1.165) is 5.56 Å². The number of amides is 2. The molecule has 1 aliphatic rings. The largest absolute Gasteiger partial charge is 0.459 e. The van der Waals surface area contributed by atoms with Gasteiger partial charge in [0.15, 0.2) is 6.10 Å². The highest BCUT2D eigenvalue weighted by Gasteiger charge is 2.37. The first-order valence-corrected chi connectivity index (χ1v) is 15.6. The number of nitrogen functional groups attached to an aromatic ring is 1. The summed E-state index contributed by atoms with van der Waals surface area (Å²) in [6.07, 6.45) is 5.61. The van der Waals surface area contributed by atoms with E-state index in [1.807, 2.05) is 63.3 Å². The van der Waals surface area contributed by atoms with Gasteiger partial charge in [-0.2, -0.15) is 0 Å². The molecule has 2 aromatic rings. The number of carbonyl (C=O) groups is 4. The van der Waals surface area contributed by atoms with Crippen molar-refractivity contribution < 1.29 is 28.7 Å². The summed E-state index contributed by atoms with van der Waals surface area (Å²) in [6.45, 7) is 8.89. The van der Waals surface area contributed by atoms with Gasteiger partial charge in [0, 0.05) is 25.3 Å². The number of hydrogen-bond donors (Lipinski definition) is 3. The van der Waals surface area contributed by atoms with Gasteiger partial charge in [-0.1, -0.05) is 87.0 Å². The Bertz CT molecular complexity index is 1410. The summed E-state index contributed by atoms with van der Waals surface area (Å²) in [6, 6.07) is 13.7. The van der Waals surface area contributed by atoms with Crippen LogP contribution in [0, 0.1) is 17.3 Å². The van der Waals surface area contributed by atoms with Gasteiger partial charge in [0.1, 0.15) is 12.1 Å². The number of nitrogens with two attached hydrogens (primary N) is 1. The second-order valence-electron chi connectivity index (χ2n) is 12.5. The maximum absolute atomic E-state index is 13.5. The average molecular weight is 638 g/mol. The maximum Gasteiger partial charge on any atom is 0.347 e. The molecule has 0 spiro atoms. The van der Waals surface area contributed by atoms with Crippen molar-refractivity contribution in [2.75, 3.05) is 12.3 Å². The first kappa shape index (κ1) is 35.4. The lowest BCUT2D eigenvalue weighted by atomic mass is 9.93. The van der Waals surface area contributed by atoms with E-state index in [0.29, 0.717) is 16.3 Å². The molecule has 0 aliphatic carbocycles. The van der Waals surface area contributed by atoms with Crippen LogP contribution in [0.25, 0.3) is 6.08 Å². The molecular formula is C35H44ClN3O6. The Morgan fingerprint density at radius 1 is 1.04 bits per heavy atom. The Labute approximate surface area is 270 Å². The first-order chi connectivity index (χ1) is 21.2. The zero-order valence-corrected chi connectivity index (χ0v) is 27.3. The van der Waals surface area contributed by atoms with Crippen LogP contribution in [0.15, 0.2) is 66.8 Å². The van der Waals surface area contributed by atoms with E-state index in [1.54, 1.807) is 38.1 Å². The van der Waals surface area contributed by atoms with Gasteiger partial charge in [-0.05, 0) is 55.5 Å². The van der Waals surface area contributed by atoms with Crippen molar-refractivity contribution in [2.24, 2.45) is 17.3 Å². The second-order valence-corrected chi connectivity index (χ2v) is 12.9. The van der Waals surface area contributed by atoms with Gasteiger partial charge in [0.2, 0.25) is 11.8 Å². The van der Waals surface area contributed by atoms with E-state index < -0.39 is 47.4 Å².